The van der Waals surface area contributed by atoms with Crippen molar-refractivity contribution in [3.63, 3.8) is 0 Å². The van der Waals surface area contributed by atoms with Gasteiger partial charge in [-0.15, -0.1) is 0 Å². The molecule has 96 valence electrons. The lowest BCUT2D eigenvalue weighted by Gasteiger charge is -2.23. The Bertz CT molecular complexity index is 531. The highest BCUT2D eigenvalue weighted by Gasteiger charge is 2.11. The van der Waals surface area contributed by atoms with Gasteiger partial charge < -0.3 is 15.1 Å². The fourth-order valence-electron chi connectivity index (χ4n) is 2.31. The first kappa shape index (κ1) is 12.7. The number of anilines is 1. The number of hydrogen-bond donors (Lipinski definition) is 1. The van der Waals surface area contributed by atoms with Crippen LogP contribution in [0.4, 0.5) is 5.69 Å². The topological polar surface area (TPSA) is 42.4 Å². The van der Waals surface area contributed by atoms with Crippen molar-refractivity contribution in [3.05, 3.63) is 53.0 Å². The number of nitrogens with zero attached hydrogens (tertiary/aromatic N) is 1. The summed E-state index contributed by atoms with van der Waals surface area (Å²) < 4.78 is 5.62. The Hall–Kier alpha value is -1.74. The second-order valence-electron chi connectivity index (χ2n) is 4.66. The molecule has 0 spiro atoms. The summed E-state index contributed by atoms with van der Waals surface area (Å²) in [7, 11) is 2.07. The summed E-state index contributed by atoms with van der Waals surface area (Å²) in [6.45, 7) is 5.38. The van der Waals surface area contributed by atoms with Crippen molar-refractivity contribution in [1.29, 1.82) is 0 Å². The Labute approximate surface area is 108 Å². The lowest BCUT2D eigenvalue weighted by Crippen LogP contribution is -2.19. The molecule has 2 aromatic rings. The quantitative estimate of drug-likeness (QED) is 0.899. The second-order valence-corrected chi connectivity index (χ2v) is 4.66. The summed E-state index contributed by atoms with van der Waals surface area (Å²) in [5, 5.41) is 0. The molecule has 3 nitrogen and oxygen atoms in total. The molecule has 1 heterocycles. The molecule has 2 N–H and O–H groups in total. The van der Waals surface area contributed by atoms with E-state index in [0.29, 0.717) is 6.54 Å². The molecule has 0 aliphatic heterocycles. The Balaban J connectivity index is 2.25. The SMILES string of the molecule is Cc1ccc(CN(C)c2c(C)cccc2CN)o1. The molecule has 0 amide bonds. The van der Waals surface area contributed by atoms with E-state index in [0.717, 1.165) is 18.1 Å². The van der Waals surface area contributed by atoms with Crippen LogP contribution in [0.15, 0.2) is 34.7 Å². The highest BCUT2D eigenvalue weighted by atomic mass is 16.3. The molecule has 1 aromatic heterocycles. The molecule has 0 aliphatic carbocycles. The number of aryl methyl sites for hydroxylation is 2. The summed E-state index contributed by atoms with van der Waals surface area (Å²) in [6.07, 6.45) is 0. The van der Waals surface area contributed by atoms with Crippen LogP contribution in [0.5, 0.6) is 0 Å². The molecule has 0 fully saturated rings. The van der Waals surface area contributed by atoms with Gasteiger partial charge >= 0.3 is 0 Å². The van der Waals surface area contributed by atoms with Gasteiger partial charge in [0.2, 0.25) is 0 Å². The van der Waals surface area contributed by atoms with Gasteiger partial charge in [-0.2, -0.15) is 0 Å². The first-order valence-corrected chi connectivity index (χ1v) is 6.17. The van der Waals surface area contributed by atoms with Crippen molar-refractivity contribution in [2.45, 2.75) is 26.9 Å². The van der Waals surface area contributed by atoms with Crippen molar-refractivity contribution in [2.24, 2.45) is 5.73 Å². The van der Waals surface area contributed by atoms with Crippen LogP contribution in [-0.4, -0.2) is 7.05 Å². The highest BCUT2D eigenvalue weighted by molar-refractivity contribution is 5.58. The maximum atomic E-state index is 5.80. The van der Waals surface area contributed by atoms with Gasteiger partial charge in [0.05, 0.1) is 6.54 Å². The largest absolute Gasteiger partial charge is 0.464 e. The molecule has 0 aliphatic rings. The van der Waals surface area contributed by atoms with Crippen LogP contribution < -0.4 is 10.6 Å². The van der Waals surface area contributed by atoms with E-state index in [-0.39, 0.29) is 0 Å². The number of hydrogen-bond acceptors (Lipinski definition) is 3. The van der Waals surface area contributed by atoms with Gasteiger partial charge in [0.1, 0.15) is 11.5 Å². The maximum absolute atomic E-state index is 5.80. The van der Waals surface area contributed by atoms with Crippen LogP contribution in [0.3, 0.4) is 0 Å². The monoisotopic (exact) mass is 244 g/mol. The van der Waals surface area contributed by atoms with E-state index in [1.807, 2.05) is 25.1 Å². The van der Waals surface area contributed by atoms with E-state index in [9.17, 15) is 0 Å². The Morgan fingerprint density at radius 1 is 1.17 bits per heavy atom. The summed E-state index contributed by atoms with van der Waals surface area (Å²) >= 11 is 0. The molecule has 0 bridgehead atoms. The molecule has 0 saturated heterocycles. The van der Waals surface area contributed by atoms with Crippen LogP contribution in [0, 0.1) is 13.8 Å². The fraction of sp³-hybridized carbons (Fsp3) is 0.333. The summed E-state index contributed by atoms with van der Waals surface area (Å²) in [5.74, 6) is 1.92. The van der Waals surface area contributed by atoms with Crippen molar-refractivity contribution in [3.8, 4) is 0 Å². The minimum Gasteiger partial charge on any atom is -0.464 e. The lowest BCUT2D eigenvalue weighted by molar-refractivity contribution is 0.481. The number of benzene rings is 1. The number of furan rings is 1. The van der Waals surface area contributed by atoms with Gasteiger partial charge in [-0.05, 0) is 37.1 Å². The zero-order chi connectivity index (χ0) is 13.1. The van der Waals surface area contributed by atoms with Crippen LogP contribution >= 0.6 is 0 Å². The second kappa shape index (κ2) is 5.27. The molecule has 3 heteroatoms. The predicted octanol–water partition coefficient (Wildman–Crippen LogP) is 2.99. The number of nitrogens with two attached hydrogens (primary N) is 1. The maximum Gasteiger partial charge on any atom is 0.123 e. The van der Waals surface area contributed by atoms with Crippen LogP contribution in [0.1, 0.15) is 22.6 Å². The van der Waals surface area contributed by atoms with Gasteiger partial charge in [0.25, 0.3) is 0 Å². The zero-order valence-corrected chi connectivity index (χ0v) is 11.2. The summed E-state index contributed by atoms with van der Waals surface area (Å²) in [5.41, 5.74) is 9.41. The van der Waals surface area contributed by atoms with E-state index in [4.69, 9.17) is 10.2 Å². The minimum atomic E-state index is 0.554. The van der Waals surface area contributed by atoms with E-state index in [2.05, 4.69) is 31.0 Å². The van der Waals surface area contributed by atoms with Crippen molar-refractivity contribution < 1.29 is 4.42 Å². The zero-order valence-electron chi connectivity index (χ0n) is 11.2. The van der Waals surface area contributed by atoms with Crippen LogP contribution in [-0.2, 0) is 13.1 Å². The lowest BCUT2D eigenvalue weighted by atomic mass is 10.1. The average Bonchev–Trinajstić information content (AvgIpc) is 2.74. The molecule has 0 unspecified atom stereocenters. The average molecular weight is 244 g/mol. The van der Waals surface area contributed by atoms with E-state index >= 15 is 0 Å². The van der Waals surface area contributed by atoms with Crippen LogP contribution in [0.25, 0.3) is 0 Å². The van der Waals surface area contributed by atoms with Gasteiger partial charge in [-0.25, -0.2) is 0 Å². The summed E-state index contributed by atoms with van der Waals surface area (Å²) in [4.78, 5) is 2.19. The molecule has 0 saturated carbocycles. The van der Waals surface area contributed by atoms with Gasteiger partial charge in [0, 0.05) is 19.3 Å². The molecular formula is C15H20N2O. The van der Waals surface area contributed by atoms with Crippen molar-refractivity contribution in [1.82, 2.24) is 0 Å². The molecule has 2 rings (SSSR count). The molecule has 0 atom stereocenters. The third-order valence-corrected chi connectivity index (χ3v) is 3.11. The number of para-hydroxylation sites is 1. The first-order chi connectivity index (χ1) is 8.61. The van der Waals surface area contributed by atoms with E-state index in [1.165, 1.54) is 16.8 Å². The predicted molar refractivity (Wildman–Crippen MR) is 74.6 cm³/mol. The normalized spacial score (nSPS) is 10.7. The van der Waals surface area contributed by atoms with Gasteiger partial charge in [-0.1, -0.05) is 18.2 Å². The van der Waals surface area contributed by atoms with Gasteiger partial charge in [-0.3, -0.25) is 0 Å². The van der Waals surface area contributed by atoms with Crippen molar-refractivity contribution in [2.75, 3.05) is 11.9 Å². The molecule has 18 heavy (non-hydrogen) atoms. The molecule has 1 aromatic carbocycles. The fourth-order valence-corrected chi connectivity index (χ4v) is 2.31. The number of rotatable bonds is 4. The van der Waals surface area contributed by atoms with E-state index < -0.39 is 0 Å². The third-order valence-electron chi connectivity index (χ3n) is 3.11. The Morgan fingerprint density at radius 3 is 2.56 bits per heavy atom. The van der Waals surface area contributed by atoms with Crippen molar-refractivity contribution >= 4 is 5.69 Å². The minimum absolute atomic E-state index is 0.554. The highest BCUT2D eigenvalue weighted by Crippen LogP contribution is 2.25. The first-order valence-electron chi connectivity index (χ1n) is 6.17. The standard InChI is InChI=1S/C15H20N2O/c1-11-5-4-6-13(9-16)15(11)17(3)10-14-8-7-12(2)18-14/h4-8H,9-10,16H2,1-3H3. The molecular weight excluding hydrogens is 224 g/mol. The Kier molecular flexibility index (Phi) is 3.72. The smallest absolute Gasteiger partial charge is 0.123 e. The Morgan fingerprint density at radius 2 is 1.94 bits per heavy atom. The third kappa shape index (κ3) is 2.57. The molecule has 0 radical (unpaired) electrons. The van der Waals surface area contributed by atoms with Gasteiger partial charge in [0.15, 0.2) is 0 Å². The summed E-state index contributed by atoms with van der Waals surface area (Å²) in [6, 6.07) is 10.2. The van der Waals surface area contributed by atoms with E-state index in [1.54, 1.807) is 0 Å². The van der Waals surface area contributed by atoms with Crippen LogP contribution in [0.2, 0.25) is 0 Å².